The van der Waals surface area contributed by atoms with Crippen molar-refractivity contribution in [3.8, 4) is 11.3 Å². The summed E-state index contributed by atoms with van der Waals surface area (Å²) >= 11 is 3.34. The maximum absolute atomic E-state index is 6.07. The van der Waals surface area contributed by atoms with E-state index < -0.39 is 7.12 Å². The highest BCUT2D eigenvalue weighted by molar-refractivity contribution is 9.10. The molecule has 298 valence electrons. The van der Waals surface area contributed by atoms with Crippen molar-refractivity contribution in [2.45, 2.75) is 86.1 Å². The zero-order chi connectivity index (χ0) is 40.3. The van der Waals surface area contributed by atoms with Crippen LogP contribution >= 0.6 is 15.9 Å². The number of anilines is 4. The van der Waals surface area contributed by atoms with Crippen LogP contribution in [0.5, 0.6) is 0 Å². The van der Waals surface area contributed by atoms with E-state index in [1.165, 1.54) is 12.7 Å². The van der Waals surface area contributed by atoms with E-state index in [2.05, 4.69) is 56.0 Å². The van der Waals surface area contributed by atoms with E-state index in [4.69, 9.17) is 41.1 Å². The van der Waals surface area contributed by atoms with Gasteiger partial charge in [-0.3, -0.25) is 0 Å². The molecule has 0 bridgehead atoms. The van der Waals surface area contributed by atoms with E-state index in [1.807, 2.05) is 101 Å². The minimum Gasteiger partial charge on any atom is -0.424 e. The molecule has 0 radical (unpaired) electrons. The number of rotatable bonds is 4. The molecule has 0 saturated carbocycles. The predicted molar refractivity (Wildman–Crippen MR) is 226 cm³/mol. The van der Waals surface area contributed by atoms with Gasteiger partial charge in [0.2, 0.25) is 0 Å². The maximum atomic E-state index is 6.07. The number of aromatic nitrogens is 10. The van der Waals surface area contributed by atoms with Gasteiger partial charge >= 0.3 is 7.12 Å². The Labute approximate surface area is 337 Å². The first-order valence-electron chi connectivity index (χ1n) is 17.7. The van der Waals surface area contributed by atoms with Crippen LogP contribution in [0.25, 0.3) is 55.5 Å². The van der Waals surface area contributed by atoms with E-state index in [0.29, 0.717) is 44.1 Å². The number of hydrogen-bond donors (Lipinski definition) is 4. The van der Waals surface area contributed by atoms with Crippen LogP contribution in [0.4, 0.5) is 23.7 Å². The van der Waals surface area contributed by atoms with Crippen LogP contribution in [0.3, 0.4) is 0 Å². The highest BCUT2D eigenvalue weighted by Gasteiger charge is 2.51. The van der Waals surface area contributed by atoms with Crippen molar-refractivity contribution < 1.29 is 18.1 Å². The monoisotopic (exact) mass is 840 g/mol. The fraction of sp³-hybridized carbons (Fsp3) is 0.351. The van der Waals surface area contributed by atoms with Gasteiger partial charge in [-0.25, -0.2) is 29.3 Å². The lowest BCUT2D eigenvalue weighted by molar-refractivity contribution is 0.00578. The normalized spacial score (nSPS) is 14.6. The number of nitrogens with zero attached hydrogens (tertiary/aromatic N) is 10. The number of benzene rings is 2. The lowest BCUT2D eigenvalue weighted by Gasteiger charge is -2.32. The van der Waals surface area contributed by atoms with Gasteiger partial charge in [0, 0.05) is 17.6 Å². The Hall–Kier alpha value is -5.86. The van der Waals surface area contributed by atoms with Gasteiger partial charge < -0.3 is 41.1 Å². The standard InChI is InChI=1S/C15H15N7O.C13H17BN2O3.C8H10BrN5.CH4/c1-7(2)22-14-11(13(16)18-6-19-14)12(21-22)8-3-4-10-9(5-8)20-15(17)23-10;1-12(2)13(3,4)19-14(18-12)8-5-6-10-9(7-8)16-11(15)17-10;1-4(2)14-8-5(6(9)13-14)7(10)11-3-12-8;/h3-7H,1-2H3,(H2,17,20)(H2,16,18,19);5-7H,1-4H3,(H2,15,16);3-4H,1-2H3,(H2,10,11,12);1H4. The second-order valence-corrected chi connectivity index (χ2v) is 15.5. The summed E-state index contributed by atoms with van der Waals surface area (Å²) in [6.45, 7) is 16.3. The van der Waals surface area contributed by atoms with Crippen molar-refractivity contribution in [3.05, 3.63) is 53.7 Å². The fourth-order valence-corrected chi connectivity index (χ4v) is 6.60. The summed E-state index contributed by atoms with van der Waals surface area (Å²) < 4.78 is 26.9. The highest BCUT2D eigenvalue weighted by Crippen LogP contribution is 2.37. The second kappa shape index (κ2) is 15.2. The van der Waals surface area contributed by atoms with Gasteiger partial charge in [-0.15, -0.1) is 0 Å². The molecule has 8 N–H and O–H groups in total. The Balaban J connectivity index is 0.000000148. The lowest BCUT2D eigenvalue weighted by Crippen LogP contribution is -2.41. The van der Waals surface area contributed by atoms with Crippen LogP contribution in [0, 0.1) is 0 Å². The van der Waals surface area contributed by atoms with Crippen molar-refractivity contribution in [3.63, 3.8) is 0 Å². The molecular weight excluding hydrogens is 795 g/mol. The zero-order valence-electron chi connectivity index (χ0n) is 32.1. The minimum atomic E-state index is -0.396. The van der Waals surface area contributed by atoms with Crippen LogP contribution < -0.4 is 28.4 Å². The summed E-state index contributed by atoms with van der Waals surface area (Å²) in [5, 5.41) is 10.5. The third-order valence-electron chi connectivity index (χ3n) is 9.60. The number of oxazole rings is 2. The van der Waals surface area contributed by atoms with Crippen molar-refractivity contribution >= 4 is 96.4 Å². The maximum Gasteiger partial charge on any atom is 0.494 e. The highest BCUT2D eigenvalue weighted by atomic mass is 79.9. The van der Waals surface area contributed by atoms with E-state index in [1.54, 1.807) is 0 Å². The first-order chi connectivity index (χ1) is 26.4. The topological polar surface area (TPSA) is 262 Å². The second-order valence-electron chi connectivity index (χ2n) is 14.7. The first-order valence-corrected chi connectivity index (χ1v) is 18.5. The molecule has 57 heavy (non-hydrogen) atoms. The van der Waals surface area contributed by atoms with E-state index >= 15 is 0 Å². The molecule has 1 fully saturated rings. The van der Waals surface area contributed by atoms with Crippen LogP contribution in [0.15, 0.2) is 62.5 Å². The molecule has 0 spiro atoms. The molecule has 9 rings (SSSR count). The molecular formula is C37H46BBrN14O4. The summed E-state index contributed by atoms with van der Waals surface area (Å²) in [4.78, 5) is 24.8. The molecule has 7 heterocycles. The average molecular weight is 842 g/mol. The van der Waals surface area contributed by atoms with E-state index in [0.717, 1.165) is 33.1 Å². The van der Waals surface area contributed by atoms with Crippen molar-refractivity contribution in [2.75, 3.05) is 22.9 Å². The summed E-state index contributed by atoms with van der Waals surface area (Å²) in [7, 11) is -0.396. The third kappa shape index (κ3) is 7.66. The minimum absolute atomic E-state index is 0. The first kappa shape index (κ1) is 40.8. The number of hydrogen-bond acceptors (Lipinski definition) is 16. The van der Waals surface area contributed by atoms with Gasteiger partial charge in [-0.2, -0.15) is 20.2 Å². The zero-order valence-corrected chi connectivity index (χ0v) is 33.7. The average Bonchev–Trinajstić information content (AvgIpc) is 3.92. The van der Waals surface area contributed by atoms with E-state index in [-0.39, 0.29) is 42.7 Å². The molecule has 1 saturated heterocycles. The van der Waals surface area contributed by atoms with Gasteiger partial charge in [0.25, 0.3) is 12.0 Å². The SMILES string of the molecule is C.CC(C)n1nc(-c2ccc3oc(N)nc3c2)c2c(N)ncnc21.CC(C)n1nc(Br)c2c(N)ncnc21.CC1(C)OB(c2ccc3oc(N)nc3c2)OC1(C)C. The lowest BCUT2D eigenvalue weighted by atomic mass is 9.79. The summed E-state index contributed by atoms with van der Waals surface area (Å²) in [5.74, 6) is 0.852. The van der Waals surface area contributed by atoms with Gasteiger partial charge in [-0.05, 0) is 107 Å². The fourth-order valence-electron chi connectivity index (χ4n) is 6.05. The van der Waals surface area contributed by atoms with E-state index in [9.17, 15) is 0 Å². The Morgan fingerprint density at radius 1 is 0.667 bits per heavy atom. The predicted octanol–water partition coefficient (Wildman–Crippen LogP) is 6.48. The summed E-state index contributed by atoms with van der Waals surface area (Å²) in [6.07, 6.45) is 2.90. The third-order valence-corrected chi connectivity index (χ3v) is 10.2. The molecule has 20 heteroatoms. The molecule has 6 aromatic heterocycles. The van der Waals surface area contributed by atoms with Gasteiger partial charge in [0.05, 0.1) is 22.0 Å². The van der Waals surface area contributed by atoms with Crippen molar-refractivity contribution in [2.24, 2.45) is 0 Å². The van der Waals surface area contributed by atoms with Gasteiger partial charge in [0.1, 0.15) is 45.6 Å². The molecule has 18 nitrogen and oxygen atoms in total. The number of fused-ring (bicyclic) bond motifs is 4. The smallest absolute Gasteiger partial charge is 0.424 e. The molecule has 2 aromatic carbocycles. The van der Waals surface area contributed by atoms with Crippen LogP contribution in [-0.4, -0.2) is 67.8 Å². The quantitative estimate of drug-likeness (QED) is 0.138. The van der Waals surface area contributed by atoms with Crippen LogP contribution in [0.1, 0.15) is 74.9 Å². The Morgan fingerprint density at radius 3 is 1.72 bits per heavy atom. The Morgan fingerprint density at radius 2 is 1.16 bits per heavy atom. The molecule has 1 aliphatic heterocycles. The van der Waals surface area contributed by atoms with Gasteiger partial charge in [0.15, 0.2) is 22.5 Å². The van der Waals surface area contributed by atoms with Crippen LogP contribution in [0.2, 0.25) is 0 Å². The molecule has 0 unspecified atom stereocenters. The van der Waals surface area contributed by atoms with Crippen molar-refractivity contribution in [1.29, 1.82) is 0 Å². The molecule has 8 aromatic rings. The molecule has 0 amide bonds. The number of nitrogen functional groups attached to an aromatic ring is 4. The summed E-state index contributed by atoms with van der Waals surface area (Å²) in [5.41, 5.74) is 28.9. The summed E-state index contributed by atoms with van der Waals surface area (Å²) in [6, 6.07) is 11.9. The molecule has 0 aliphatic carbocycles. The Bertz CT molecular complexity index is 2700. The number of nitrogens with two attached hydrogens (primary N) is 4. The number of halogens is 1. The van der Waals surface area contributed by atoms with Crippen LogP contribution in [-0.2, 0) is 9.31 Å². The van der Waals surface area contributed by atoms with Gasteiger partial charge in [-0.1, -0.05) is 13.5 Å². The largest absolute Gasteiger partial charge is 0.494 e. The Kier molecular flexibility index (Phi) is 10.9. The van der Waals surface area contributed by atoms with Crippen molar-refractivity contribution in [1.82, 2.24) is 49.5 Å². The molecule has 0 atom stereocenters. The molecule has 1 aliphatic rings.